The van der Waals surface area contributed by atoms with Crippen LogP contribution in [0, 0.1) is 12.8 Å². The van der Waals surface area contributed by atoms with E-state index >= 15 is 0 Å². The molecule has 28 heavy (non-hydrogen) atoms. The molecule has 7 heteroatoms. The number of aryl methyl sites for hydroxylation is 1. The minimum absolute atomic E-state index is 0.221. The van der Waals surface area contributed by atoms with Crippen LogP contribution in [0.1, 0.15) is 54.7 Å². The first kappa shape index (κ1) is 17.9. The van der Waals surface area contributed by atoms with Crippen LogP contribution in [0.5, 0.6) is 0 Å². The smallest absolute Gasteiger partial charge is 0.226 e. The molecule has 0 atom stereocenters. The number of amides is 1. The third-order valence-corrected chi connectivity index (χ3v) is 7.40. The van der Waals surface area contributed by atoms with E-state index in [9.17, 15) is 4.79 Å². The number of nitrogens with one attached hydrogen (secondary N) is 1. The van der Waals surface area contributed by atoms with E-state index in [0.717, 1.165) is 64.0 Å². The van der Waals surface area contributed by atoms with Crippen molar-refractivity contribution in [3.63, 3.8) is 0 Å². The van der Waals surface area contributed by atoms with Crippen molar-refractivity contribution in [1.82, 2.24) is 29.5 Å². The summed E-state index contributed by atoms with van der Waals surface area (Å²) in [5.74, 6) is 0.616. The number of hydrogen-bond acceptors (Lipinski definition) is 4. The lowest BCUT2D eigenvalue weighted by molar-refractivity contribution is -0.149. The number of imidazole rings is 1. The Labute approximate surface area is 166 Å². The molecule has 150 valence electrons. The summed E-state index contributed by atoms with van der Waals surface area (Å²) in [4.78, 5) is 26.0. The van der Waals surface area contributed by atoms with Crippen molar-refractivity contribution in [3.8, 4) is 0 Å². The predicted molar refractivity (Wildman–Crippen MR) is 105 cm³/mol. The van der Waals surface area contributed by atoms with Gasteiger partial charge in [0.1, 0.15) is 0 Å². The van der Waals surface area contributed by atoms with Crippen molar-refractivity contribution in [2.24, 2.45) is 13.0 Å². The fourth-order valence-electron chi connectivity index (χ4n) is 5.20. The third-order valence-electron chi connectivity index (χ3n) is 7.40. The number of hydrogen-bond donors (Lipinski definition) is 1. The second-order valence-electron chi connectivity index (χ2n) is 8.78. The molecule has 1 spiro atoms. The molecule has 5 rings (SSSR count). The van der Waals surface area contributed by atoms with Crippen LogP contribution >= 0.6 is 0 Å². The quantitative estimate of drug-likeness (QED) is 0.883. The number of fused-ring (bicyclic) bond motifs is 2. The Hall–Kier alpha value is -2.15. The van der Waals surface area contributed by atoms with Gasteiger partial charge in [-0.1, -0.05) is 6.42 Å². The molecule has 1 saturated carbocycles. The summed E-state index contributed by atoms with van der Waals surface area (Å²) in [5.41, 5.74) is 4.66. The lowest BCUT2D eigenvalue weighted by atomic mass is 9.76. The summed E-state index contributed by atoms with van der Waals surface area (Å²) >= 11 is 0. The van der Waals surface area contributed by atoms with Crippen LogP contribution in [0.15, 0.2) is 12.5 Å². The molecule has 0 unspecified atom stereocenters. The highest BCUT2D eigenvalue weighted by molar-refractivity contribution is 5.81. The number of H-pyrrole nitrogens is 1. The number of carbonyl (C=O) groups excluding carboxylic acids is 1. The standard InChI is InChI=1S/C21H30N6O/c1-15-17(12-24-25(15)2)13-26-10-7-21(8-11-26)19-18(22-14-23-19)6-9-27(21)20(28)16-4-3-5-16/h12,14,16H,3-11,13H2,1-2H3,(H,22,23). The SMILES string of the molecule is Cc1c(CN2CCC3(CC2)c2nc[nH]c2CCN3C(=O)C2CCC2)cnn1C. The van der Waals surface area contributed by atoms with E-state index in [2.05, 4.69) is 26.8 Å². The van der Waals surface area contributed by atoms with Gasteiger partial charge in [0.05, 0.1) is 23.8 Å². The molecule has 7 nitrogen and oxygen atoms in total. The molecule has 1 aliphatic carbocycles. The van der Waals surface area contributed by atoms with Crippen LogP contribution in [0.4, 0.5) is 0 Å². The van der Waals surface area contributed by atoms with Crippen LogP contribution in [0.3, 0.4) is 0 Å². The van der Waals surface area contributed by atoms with Crippen LogP contribution in [0.2, 0.25) is 0 Å². The van der Waals surface area contributed by atoms with E-state index in [0.29, 0.717) is 5.91 Å². The molecule has 2 aromatic rings. The largest absolute Gasteiger partial charge is 0.348 e. The molecule has 3 aliphatic rings. The maximum absolute atomic E-state index is 13.3. The predicted octanol–water partition coefficient (Wildman–Crippen LogP) is 2.13. The van der Waals surface area contributed by atoms with Gasteiger partial charge in [-0.15, -0.1) is 0 Å². The summed E-state index contributed by atoms with van der Waals surface area (Å²) in [5, 5.41) is 4.38. The molecule has 2 aromatic heterocycles. The Kier molecular flexibility index (Phi) is 4.30. The second kappa shape index (κ2) is 6.72. The van der Waals surface area contributed by atoms with Gasteiger partial charge in [0, 0.05) is 62.5 Å². The summed E-state index contributed by atoms with van der Waals surface area (Å²) in [6.07, 6.45) is 9.94. The molecular formula is C21H30N6O. The zero-order valence-corrected chi connectivity index (χ0v) is 16.9. The van der Waals surface area contributed by atoms with Gasteiger partial charge in [0.15, 0.2) is 0 Å². The number of rotatable bonds is 3. The zero-order chi connectivity index (χ0) is 19.3. The first-order valence-corrected chi connectivity index (χ1v) is 10.6. The average Bonchev–Trinajstić information content (AvgIpc) is 3.25. The zero-order valence-electron chi connectivity index (χ0n) is 16.9. The van der Waals surface area contributed by atoms with Crippen molar-refractivity contribution in [2.75, 3.05) is 19.6 Å². The highest BCUT2D eigenvalue weighted by atomic mass is 16.2. The maximum Gasteiger partial charge on any atom is 0.226 e. The van der Waals surface area contributed by atoms with Crippen LogP contribution in [-0.2, 0) is 30.3 Å². The van der Waals surface area contributed by atoms with E-state index in [1.54, 1.807) is 0 Å². The van der Waals surface area contributed by atoms with Gasteiger partial charge in [-0.2, -0.15) is 5.10 Å². The minimum Gasteiger partial charge on any atom is -0.348 e. The van der Waals surface area contributed by atoms with Crippen LogP contribution < -0.4 is 0 Å². The maximum atomic E-state index is 13.3. The molecular weight excluding hydrogens is 352 g/mol. The van der Waals surface area contributed by atoms with Gasteiger partial charge >= 0.3 is 0 Å². The average molecular weight is 383 g/mol. The first-order chi connectivity index (χ1) is 13.6. The van der Waals surface area contributed by atoms with Gasteiger partial charge in [0.2, 0.25) is 5.91 Å². The van der Waals surface area contributed by atoms with Crippen molar-refractivity contribution >= 4 is 5.91 Å². The molecule has 2 fully saturated rings. The monoisotopic (exact) mass is 382 g/mol. The van der Waals surface area contributed by atoms with E-state index in [1.165, 1.54) is 23.4 Å². The minimum atomic E-state index is -0.221. The number of likely N-dealkylation sites (tertiary alicyclic amines) is 1. The number of nitrogens with zero attached hydrogens (tertiary/aromatic N) is 5. The lowest BCUT2D eigenvalue weighted by Gasteiger charge is -2.52. The van der Waals surface area contributed by atoms with Crippen molar-refractivity contribution in [1.29, 1.82) is 0 Å². The van der Waals surface area contributed by atoms with E-state index in [1.807, 2.05) is 24.3 Å². The Morgan fingerprint density at radius 3 is 2.71 bits per heavy atom. The molecule has 1 N–H and O–H groups in total. The summed E-state index contributed by atoms with van der Waals surface area (Å²) in [7, 11) is 2.00. The van der Waals surface area contributed by atoms with E-state index in [-0.39, 0.29) is 11.5 Å². The Balaban J connectivity index is 1.38. The highest BCUT2D eigenvalue weighted by Crippen LogP contribution is 2.44. The first-order valence-electron chi connectivity index (χ1n) is 10.6. The van der Waals surface area contributed by atoms with Gasteiger partial charge in [-0.25, -0.2) is 4.98 Å². The molecule has 1 saturated heterocycles. The van der Waals surface area contributed by atoms with Crippen molar-refractivity contribution < 1.29 is 4.79 Å². The van der Waals surface area contributed by atoms with Gasteiger partial charge < -0.3 is 9.88 Å². The Bertz CT molecular complexity index is 871. The summed E-state index contributed by atoms with van der Waals surface area (Å²) in [6, 6.07) is 0. The lowest BCUT2D eigenvalue weighted by Crippen LogP contribution is -2.59. The molecule has 0 bridgehead atoms. The number of carbonyl (C=O) groups is 1. The molecule has 1 amide bonds. The van der Waals surface area contributed by atoms with Crippen molar-refractivity contribution in [3.05, 3.63) is 35.2 Å². The van der Waals surface area contributed by atoms with Crippen LogP contribution in [0.25, 0.3) is 0 Å². The fraction of sp³-hybridized carbons (Fsp3) is 0.667. The van der Waals surface area contributed by atoms with Crippen molar-refractivity contribution in [2.45, 2.75) is 57.5 Å². The number of aromatic amines is 1. The van der Waals surface area contributed by atoms with Crippen LogP contribution in [-0.4, -0.2) is 55.1 Å². The molecule has 0 aromatic carbocycles. The summed E-state index contributed by atoms with van der Waals surface area (Å²) in [6.45, 7) is 5.85. The van der Waals surface area contributed by atoms with E-state index < -0.39 is 0 Å². The Morgan fingerprint density at radius 1 is 1.29 bits per heavy atom. The van der Waals surface area contributed by atoms with Gasteiger partial charge in [-0.3, -0.25) is 14.4 Å². The summed E-state index contributed by atoms with van der Waals surface area (Å²) < 4.78 is 1.94. The molecule has 2 aliphatic heterocycles. The number of aromatic nitrogens is 4. The van der Waals surface area contributed by atoms with E-state index in [4.69, 9.17) is 4.98 Å². The fourth-order valence-corrected chi connectivity index (χ4v) is 5.20. The Morgan fingerprint density at radius 2 is 2.07 bits per heavy atom. The topological polar surface area (TPSA) is 70.1 Å². The van der Waals surface area contributed by atoms with Gasteiger partial charge in [0.25, 0.3) is 0 Å². The normalized spacial score (nSPS) is 22.3. The highest BCUT2D eigenvalue weighted by Gasteiger charge is 2.50. The number of piperidine rings is 1. The van der Waals surface area contributed by atoms with Gasteiger partial charge in [-0.05, 0) is 32.6 Å². The third kappa shape index (κ3) is 2.70. The molecule has 0 radical (unpaired) electrons. The molecule has 4 heterocycles. The second-order valence-corrected chi connectivity index (χ2v) is 8.78.